The van der Waals surface area contributed by atoms with E-state index in [0.717, 1.165) is 5.69 Å². The largest absolute Gasteiger partial charge is 0.455 e. The molecule has 144 valence electrons. The highest BCUT2D eigenvalue weighted by Crippen LogP contribution is 2.48. The Morgan fingerprint density at radius 3 is 2.71 bits per heavy atom. The third-order valence-electron chi connectivity index (χ3n) is 4.28. The lowest BCUT2D eigenvalue weighted by molar-refractivity contribution is 0.450. The maximum Gasteiger partial charge on any atom is 0.240 e. The van der Waals surface area contributed by atoms with Gasteiger partial charge in [0.1, 0.15) is 17.3 Å². The molecule has 1 aliphatic heterocycles. The average molecular weight is 416 g/mol. The molecule has 0 radical (unpaired) electrons. The van der Waals surface area contributed by atoms with Gasteiger partial charge in [0.05, 0.1) is 14.7 Å². The van der Waals surface area contributed by atoms with Crippen molar-refractivity contribution in [1.82, 2.24) is 9.71 Å². The highest BCUT2D eigenvalue weighted by atomic mass is 32.2. The Balaban J connectivity index is 1.56. The lowest BCUT2D eigenvalue weighted by Crippen LogP contribution is -2.27. The number of halogens is 1. The second-order valence-corrected chi connectivity index (χ2v) is 9.15. The smallest absolute Gasteiger partial charge is 0.240 e. The van der Waals surface area contributed by atoms with Crippen LogP contribution in [0.25, 0.3) is 0 Å². The minimum absolute atomic E-state index is 0.184. The third kappa shape index (κ3) is 3.89. The summed E-state index contributed by atoms with van der Waals surface area (Å²) >= 11 is 1.29. The van der Waals surface area contributed by atoms with Crippen LogP contribution in [0.15, 0.2) is 69.4 Å². The van der Waals surface area contributed by atoms with Gasteiger partial charge in [0.2, 0.25) is 10.0 Å². The number of nitrogens with one attached hydrogen (secondary N) is 1. The molecule has 4 rings (SSSR count). The van der Waals surface area contributed by atoms with Gasteiger partial charge in [0, 0.05) is 24.9 Å². The van der Waals surface area contributed by atoms with Crippen LogP contribution >= 0.6 is 11.8 Å². The number of hydrogen-bond acceptors (Lipinski definition) is 5. The molecule has 2 aromatic carbocycles. The number of sulfonamides is 1. The first-order chi connectivity index (χ1) is 13.4. The van der Waals surface area contributed by atoms with Crippen molar-refractivity contribution in [3.05, 3.63) is 71.8 Å². The molecule has 0 aliphatic carbocycles. The van der Waals surface area contributed by atoms with Gasteiger partial charge in [-0.25, -0.2) is 17.5 Å². The standard InChI is InChI=1S/C20H17FN2O3S2/c1-13-10-17-19(27-18-11-14(21)5-6-16(18)26-17)12-20(13)28(24,25)23-9-7-15-4-2-3-8-22-15/h2-6,8,10-12,23H,7,9H2,1H3. The molecular weight excluding hydrogens is 399 g/mol. The van der Waals surface area contributed by atoms with E-state index in [-0.39, 0.29) is 17.3 Å². The zero-order valence-electron chi connectivity index (χ0n) is 15.0. The summed E-state index contributed by atoms with van der Waals surface area (Å²) in [6.45, 7) is 1.97. The van der Waals surface area contributed by atoms with Crippen molar-refractivity contribution in [3.63, 3.8) is 0 Å². The molecule has 0 unspecified atom stereocenters. The Morgan fingerprint density at radius 1 is 1.11 bits per heavy atom. The lowest BCUT2D eigenvalue weighted by atomic mass is 10.2. The number of pyridine rings is 1. The maximum atomic E-state index is 13.5. The predicted molar refractivity (Wildman–Crippen MR) is 105 cm³/mol. The van der Waals surface area contributed by atoms with Crippen molar-refractivity contribution in [3.8, 4) is 11.5 Å². The van der Waals surface area contributed by atoms with Crippen LogP contribution in [0.1, 0.15) is 11.3 Å². The van der Waals surface area contributed by atoms with Gasteiger partial charge in [-0.15, -0.1) is 0 Å². The normalized spacial score (nSPS) is 12.8. The molecule has 1 N–H and O–H groups in total. The molecule has 28 heavy (non-hydrogen) atoms. The third-order valence-corrected chi connectivity index (χ3v) is 6.96. The van der Waals surface area contributed by atoms with Crippen molar-refractivity contribution >= 4 is 21.8 Å². The number of fused-ring (bicyclic) bond motifs is 2. The Bertz CT molecular complexity index is 1140. The van der Waals surface area contributed by atoms with E-state index in [1.165, 1.54) is 23.9 Å². The van der Waals surface area contributed by atoms with Crippen LogP contribution in [0, 0.1) is 12.7 Å². The van der Waals surface area contributed by atoms with Crippen LogP contribution in [0.4, 0.5) is 4.39 Å². The Labute approximate surface area is 167 Å². The summed E-state index contributed by atoms with van der Waals surface area (Å²) in [6, 6.07) is 13.1. The number of hydrogen-bond donors (Lipinski definition) is 1. The molecule has 0 fully saturated rings. The molecule has 5 nitrogen and oxygen atoms in total. The van der Waals surface area contributed by atoms with Gasteiger partial charge in [-0.1, -0.05) is 17.8 Å². The van der Waals surface area contributed by atoms with E-state index in [0.29, 0.717) is 33.3 Å². The fourth-order valence-corrected chi connectivity index (χ4v) is 5.27. The average Bonchev–Trinajstić information content (AvgIpc) is 2.66. The first-order valence-electron chi connectivity index (χ1n) is 8.62. The van der Waals surface area contributed by atoms with Crippen LogP contribution in [0.3, 0.4) is 0 Å². The van der Waals surface area contributed by atoms with Crippen LogP contribution in [-0.2, 0) is 16.4 Å². The number of aryl methyl sites for hydroxylation is 1. The van der Waals surface area contributed by atoms with Gasteiger partial charge in [0.25, 0.3) is 0 Å². The molecule has 1 aliphatic rings. The van der Waals surface area contributed by atoms with Gasteiger partial charge in [-0.05, 0) is 55.0 Å². The molecule has 0 atom stereocenters. The van der Waals surface area contributed by atoms with E-state index in [1.54, 1.807) is 31.3 Å². The number of benzene rings is 2. The molecule has 2 heterocycles. The molecule has 0 saturated heterocycles. The summed E-state index contributed by atoms with van der Waals surface area (Å²) < 4.78 is 47.5. The zero-order chi connectivity index (χ0) is 19.7. The Kier molecular flexibility index (Phi) is 5.09. The molecule has 0 bridgehead atoms. The molecular formula is C20H17FN2O3S2. The minimum atomic E-state index is -3.70. The fourth-order valence-electron chi connectivity index (χ4n) is 2.91. The molecule has 0 spiro atoms. The van der Waals surface area contributed by atoms with Crippen molar-refractivity contribution in [2.45, 2.75) is 28.0 Å². The Hall–Kier alpha value is -2.42. The number of nitrogens with zero attached hydrogens (tertiary/aromatic N) is 1. The molecule has 1 aromatic heterocycles. The van der Waals surface area contributed by atoms with E-state index < -0.39 is 10.0 Å². The van der Waals surface area contributed by atoms with Gasteiger partial charge >= 0.3 is 0 Å². The van der Waals surface area contributed by atoms with E-state index in [4.69, 9.17) is 4.74 Å². The van der Waals surface area contributed by atoms with E-state index in [9.17, 15) is 12.8 Å². The lowest BCUT2D eigenvalue weighted by Gasteiger charge is -2.21. The van der Waals surface area contributed by atoms with Crippen LogP contribution < -0.4 is 9.46 Å². The van der Waals surface area contributed by atoms with Gasteiger partial charge < -0.3 is 4.74 Å². The van der Waals surface area contributed by atoms with Crippen LogP contribution in [-0.4, -0.2) is 19.9 Å². The number of ether oxygens (including phenoxy) is 1. The second-order valence-electron chi connectivity index (χ2n) is 6.33. The molecule has 8 heteroatoms. The monoisotopic (exact) mass is 416 g/mol. The van der Waals surface area contributed by atoms with Gasteiger partial charge in [0.15, 0.2) is 0 Å². The summed E-state index contributed by atoms with van der Waals surface area (Å²) in [4.78, 5) is 5.62. The SMILES string of the molecule is Cc1cc2c(cc1S(=O)(=O)NCCc1ccccn1)Sc1cc(F)ccc1O2. The number of rotatable bonds is 5. The van der Waals surface area contributed by atoms with Crippen molar-refractivity contribution < 1.29 is 17.5 Å². The summed E-state index contributed by atoms with van der Waals surface area (Å²) in [7, 11) is -3.70. The van der Waals surface area contributed by atoms with Gasteiger partial charge in [-0.2, -0.15) is 0 Å². The van der Waals surface area contributed by atoms with E-state index >= 15 is 0 Å². The predicted octanol–water partition coefficient (Wildman–Crippen LogP) is 4.31. The van der Waals surface area contributed by atoms with Crippen LogP contribution in [0.5, 0.6) is 11.5 Å². The highest BCUT2D eigenvalue weighted by molar-refractivity contribution is 7.99. The van der Waals surface area contributed by atoms with Gasteiger partial charge in [-0.3, -0.25) is 4.98 Å². The maximum absolute atomic E-state index is 13.5. The van der Waals surface area contributed by atoms with E-state index in [2.05, 4.69) is 9.71 Å². The molecule has 0 amide bonds. The highest BCUT2D eigenvalue weighted by Gasteiger charge is 2.24. The quantitative estimate of drug-likeness (QED) is 0.525. The first-order valence-corrected chi connectivity index (χ1v) is 10.9. The minimum Gasteiger partial charge on any atom is -0.455 e. The topological polar surface area (TPSA) is 68.3 Å². The summed E-state index contributed by atoms with van der Waals surface area (Å²) in [5.41, 5.74) is 1.39. The van der Waals surface area contributed by atoms with Crippen LogP contribution in [0.2, 0.25) is 0 Å². The first kappa shape index (κ1) is 18.9. The zero-order valence-corrected chi connectivity index (χ0v) is 16.6. The Morgan fingerprint density at radius 2 is 1.93 bits per heavy atom. The van der Waals surface area contributed by atoms with Crippen molar-refractivity contribution in [1.29, 1.82) is 0 Å². The van der Waals surface area contributed by atoms with E-state index in [1.807, 2.05) is 18.2 Å². The second kappa shape index (κ2) is 7.54. The summed E-state index contributed by atoms with van der Waals surface area (Å²) in [5, 5.41) is 0. The van der Waals surface area contributed by atoms with Crippen molar-refractivity contribution in [2.75, 3.05) is 6.54 Å². The van der Waals surface area contributed by atoms with Crippen molar-refractivity contribution in [2.24, 2.45) is 0 Å². The molecule has 0 saturated carbocycles. The molecule has 3 aromatic rings. The summed E-state index contributed by atoms with van der Waals surface area (Å²) in [6.07, 6.45) is 2.17. The fraction of sp³-hybridized carbons (Fsp3) is 0.150. The number of aromatic nitrogens is 1. The summed E-state index contributed by atoms with van der Waals surface area (Å²) in [5.74, 6) is 0.755.